The molecule has 0 radical (unpaired) electrons. The van der Waals surface area contributed by atoms with Crippen molar-refractivity contribution < 1.29 is 9.59 Å². The molecule has 0 spiro atoms. The van der Waals surface area contributed by atoms with E-state index < -0.39 is 0 Å². The average Bonchev–Trinajstić information content (AvgIpc) is 2.47. The number of nitrogens with one attached hydrogen (secondary N) is 2. The van der Waals surface area contributed by atoms with Crippen molar-refractivity contribution in [2.45, 2.75) is 13.3 Å². The molecule has 0 fully saturated rings. The molecule has 0 unspecified atom stereocenters. The van der Waals surface area contributed by atoms with Gasteiger partial charge in [-0.25, -0.2) is 0 Å². The summed E-state index contributed by atoms with van der Waals surface area (Å²) in [6.07, 6.45) is -0.208. The molecule has 5 heteroatoms. The van der Waals surface area contributed by atoms with Gasteiger partial charge in [0.1, 0.15) is 6.42 Å². The second-order valence-corrected chi connectivity index (χ2v) is 4.79. The van der Waals surface area contributed by atoms with Gasteiger partial charge in [0.15, 0.2) is 0 Å². The maximum atomic E-state index is 12.2. The van der Waals surface area contributed by atoms with E-state index in [-0.39, 0.29) is 18.2 Å². The minimum atomic E-state index is -0.385. The summed E-state index contributed by atoms with van der Waals surface area (Å²) in [5.74, 6) is -0.603. The van der Waals surface area contributed by atoms with Crippen LogP contribution in [0.15, 0.2) is 48.5 Å². The van der Waals surface area contributed by atoms with Crippen LogP contribution < -0.4 is 10.6 Å². The smallest absolute Gasteiger partial charge is 0.255 e. The number of aryl methyl sites for hydroxylation is 1. The molecule has 0 aliphatic carbocycles. The van der Waals surface area contributed by atoms with Gasteiger partial charge in [0.2, 0.25) is 5.91 Å². The normalized spacial score (nSPS) is 9.64. The Balaban J connectivity index is 2.09. The van der Waals surface area contributed by atoms with Gasteiger partial charge in [-0.15, -0.1) is 0 Å². The van der Waals surface area contributed by atoms with Gasteiger partial charge >= 0.3 is 0 Å². The quantitative estimate of drug-likeness (QED) is 0.908. The van der Waals surface area contributed by atoms with E-state index in [4.69, 9.17) is 5.26 Å². The third-order valence-electron chi connectivity index (χ3n) is 2.92. The van der Waals surface area contributed by atoms with Crippen molar-refractivity contribution in [1.82, 2.24) is 0 Å². The van der Waals surface area contributed by atoms with E-state index in [9.17, 15) is 9.59 Å². The molecule has 0 aliphatic rings. The summed E-state index contributed by atoms with van der Waals surface area (Å²) in [7, 11) is 0. The Morgan fingerprint density at radius 3 is 2.41 bits per heavy atom. The summed E-state index contributed by atoms with van der Waals surface area (Å²) in [5.41, 5.74) is 2.67. The Labute approximate surface area is 128 Å². The summed E-state index contributed by atoms with van der Waals surface area (Å²) in [6.45, 7) is 1.92. The minimum Gasteiger partial charge on any atom is -0.325 e. The van der Waals surface area contributed by atoms with Crippen molar-refractivity contribution in [2.24, 2.45) is 0 Å². The van der Waals surface area contributed by atoms with E-state index in [1.807, 2.05) is 19.1 Å². The van der Waals surface area contributed by atoms with Gasteiger partial charge in [-0.1, -0.05) is 23.8 Å². The fourth-order valence-electron chi connectivity index (χ4n) is 1.94. The second-order valence-electron chi connectivity index (χ2n) is 4.79. The van der Waals surface area contributed by atoms with Crippen molar-refractivity contribution in [3.63, 3.8) is 0 Å². The number of hydrogen-bond acceptors (Lipinski definition) is 3. The molecule has 2 N–H and O–H groups in total. The average molecular weight is 293 g/mol. The van der Waals surface area contributed by atoms with Gasteiger partial charge in [-0.2, -0.15) is 5.26 Å². The molecular weight excluding hydrogens is 278 g/mol. The summed E-state index contributed by atoms with van der Waals surface area (Å²) in [4.78, 5) is 23.5. The lowest BCUT2D eigenvalue weighted by Gasteiger charge is -2.08. The van der Waals surface area contributed by atoms with Gasteiger partial charge in [0, 0.05) is 16.9 Å². The van der Waals surface area contributed by atoms with Gasteiger partial charge in [0.05, 0.1) is 6.07 Å². The number of carbonyl (C=O) groups is 2. The zero-order valence-corrected chi connectivity index (χ0v) is 12.1. The second kappa shape index (κ2) is 7.04. The molecule has 5 nitrogen and oxygen atoms in total. The van der Waals surface area contributed by atoms with E-state index in [1.54, 1.807) is 42.5 Å². The fraction of sp³-hybridized carbons (Fsp3) is 0.118. The molecule has 22 heavy (non-hydrogen) atoms. The molecule has 2 rings (SSSR count). The standard InChI is InChI=1S/C17H15N3O2/c1-12-4-2-5-13(10-12)17(22)20-15-7-3-6-14(11-15)19-16(21)8-9-18/h2-7,10-11H,8H2,1H3,(H,19,21)(H,20,22). The third kappa shape index (κ3) is 4.18. The molecule has 2 aromatic rings. The molecule has 0 saturated heterocycles. The van der Waals surface area contributed by atoms with Crippen LogP contribution in [0.4, 0.5) is 11.4 Å². The highest BCUT2D eigenvalue weighted by molar-refractivity contribution is 6.04. The van der Waals surface area contributed by atoms with Crippen LogP contribution >= 0.6 is 0 Å². The highest BCUT2D eigenvalue weighted by Gasteiger charge is 2.07. The van der Waals surface area contributed by atoms with Gasteiger partial charge in [0.25, 0.3) is 5.91 Å². The summed E-state index contributed by atoms with van der Waals surface area (Å²) >= 11 is 0. The number of nitrogens with zero attached hydrogens (tertiary/aromatic N) is 1. The maximum absolute atomic E-state index is 12.2. The van der Waals surface area contributed by atoms with Crippen LogP contribution in [0.1, 0.15) is 22.3 Å². The minimum absolute atomic E-state index is 0.208. The number of carbonyl (C=O) groups excluding carboxylic acids is 2. The molecule has 0 atom stereocenters. The Morgan fingerprint density at radius 2 is 1.73 bits per heavy atom. The third-order valence-corrected chi connectivity index (χ3v) is 2.92. The lowest BCUT2D eigenvalue weighted by atomic mass is 10.1. The van der Waals surface area contributed by atoms with E-state index in [0.29, 0.717) is 16.9 Å². The van der Waals surface area contributed by atoms with Crippen LogP contribution in [0.25, 0.3) is 0 Å². The van der Waals surface area contributed by atoms with E-state index in [1.165, 1.54) is 0 Å². The number of nitriles is 1. The summed E-state index contributed by atoms with van der Waals surface area (Å²) in [6, 6.07) is 15.8. The lowest BCUT2D eigenvalue weighted by Crippen LogP contribution is -2.13. The Hall–Kier alpha value is -3.13. The SMILES string of the molecule is Cc1cccc(C(=O)Nc2cccc(NC(=O)CC#N)c2)c1. The van der Waals surface area contributed by atoms with Crippen molar-refractivity contribution in [3.8, 4) is 6.07 Å². The van der Waals surface area contributed by atoms with Crippen LogP contribution in [-0.2, 0) is 4.79 Å². The van der Waals surface area contributed by atoms with Crippen molar-refractivity contribution >= 4 is 23.2 Å². The number of hydrogen-bond donors (Lipinski definition) is 2. The predicted molar refractivity (Wildman–Crippen MR) is 84.4 cm³/mol. The van der Waals surface area contributed by atoms with Crippen LogP contribution in [-0.4, -0.2) is 11.8 Å². The Kier molecular flexibility index (Phi) is 4.89. The Morgan fingerprint density at radius 1 is 1.05 bits per heavy atom. The maximum Gasteiger partial charge on any atom is 0.255 e. The highest BCUT2D eigenvalue weighted by Crippen LogP contribution is 2.16. The van der Waals surface area contributed by atoms with Crippen molar-refractivity contribution in [3.05, 3.63) is 59.7 Å². The first kappa shape index (κ1) is 15.3. The molecule has 110 valence electrons. The molecule has 0 aromatic heterocycles. The van der Waals surface area contributed by atoms with Crippen LogP contribution in [0, 0.1) is 18.3 Å². The van der Waals surface area contributed by atoms with Crippen molar-refractivity contribution in [2.75, 3.05) is 10.6 Å². The zero-order valence-electron chi connectivity index (χ0n) is 12.1. The first-order valence-electron chi connectivity index (χ1n) is 6.73. The number of rotatable bonds is 4. The number of anilines is 2. The van der Waals surface area contributed by atoms with E-state index in [2.05, 4.69) is 10.6 Å². The molecule has 0 aliphatic heterocycles. The number of amides is 2. The monoisotopic (exact) mass is 293 g/mol. The van der Waals surface area contributed by atoms with Gasteiger partial charge in [-0.3, -0.25) is 9.59 Å². The first-order valence-corrected chi connectivity index (χ1v) is 6.73. The van der Waals surface area contributed by atoms with Gasteiger partial charge in [-0.05, 0) is 37.3 Å². The van der Waals surface area contributed by atoms with E-state index in [0.717, 1.165) is 5.56 Å². The predicted octanol–water partition coefficient (Wildman–Crippen LogP) is 3.10. The first-order chi connectivity index (χ1) is 10.6. The topological polar surface area (TPSA) is 82.0 Å². The molecule has 0 heterocycles. The highest BCUT2D eigenvalue weighted by atomic mass is 16.2. The fourth-order valence-corrected chi connectivity index (χ4v) is 1.94. The molecule has 2 amide bonds. The summed E-state index contributed by atoms with van der Waals surface area (Å²) < 4.78 is 0. The summed E-state index contributed by atoms with van der Waals surface area (Å²) in [5, 5.41) is 13.8. The lowest BCUT2D eigenvalue weighted by molar-refractivity contribution is -0.115. The van der Waals surface area contributed by atoms with E-state index >= 15 is 0 Å². The zero-order chi connectivity index (χ0) is 15.9. The van der Waals surface area contributed by atoms with Crippen LogP contribution in [0.5, 0.6) is 0 Å². The number of benzene rings is 2. The van der Waals surface area contributed by atoms with Gasteiger partial charge < -0.3 is 10.6 Å². The molecule has 2 aromatic carbocycles. The molecule has 0 bridgehead atoms. The molecular formula is C17H15N3O2. The largest absolute Gasteiger partial charge is 0.325 e. The molecule has 0 saturated carbocycles. The van der Waals surface area contributed by atoms with Crippen LogP contribution in [0.3, 0.4) is 0 Å². The Bertz CT molecular complexity index is 748. The van der Waals surface area contributed by atoms with Crippen molar-refractivity contribution in [1.29, 1.82) is 5.26 Å². The van der Waals surface area contributed by atoms with Crippen LogP contribution in [0.2, 0.25) is 0 Å².